The van der Waals surface area contributed by atoms with Crippen LogP contribution >= 0.6 is 0 Å². The van der Waals surface area contributed by atoms with Gasteiger partial charge in [0.05, 0.1) is 43.9 Å². The van der Waals surface area contributed by atoms with Gasteiger partial charge in [0, 0.05) is 0 Å². The highest BCUT2D eigenvalue weighted by Gasteiger charge is 2.34. The second-order valence-electron chi connectivity index (χ2n) is 6.26. The molecule has 2 aromatic rings. The van der Waals surface area contributed by atoms with E-state index in [2.05, 4.69) is 20.6 Å². The first-order valence-electron chi connectivity index (χ1n) is 7.85. The summed E-state index contributed by atoms with van der Waals surface area (Å²) in [5.41, 5.74) is 0.875. The van der Waals surface area contributed by atoms with Gasteiger partial charge in [0.1, 0.15) is 11.3 Å². The van der Waals surface area contributed by atoms with Crippen LogP contribution in [0.15, 0.2) is 12.4 Å². The largest absolute Gasteiger partial charge is 0.383 e. The van der Waals surface area contributed by atoms with Crippen molar-refractivity contribution < 1.29 is 9.84 Å². The Morgan fingerprint density at radius 1 is 1.27 bits per heavy atom. The van der Waals surface area contributed by atoms with Crippen LogP contribution in [0.3, 0.4) is 0 Å². The maximum atomic E-state index is 10.7. The molecule has 0 amide bonds. The van der Waals surface area contributed by atoms with E-state index in [1.54, 1.807) is 10.9 Å². The third kappa shape index (κ3) is 2.52. The summed E-state index contributed by atoms with van der Waals surface area (Å²) < 4.78 is 9.41. The molecule has 118 valence electrons. The van der Waals surface area contributed by atoms with Crippen molar-refractivity contribution in [1.29, 1.82) is 0 Å². The Labute approximate surface area is 128 Å². The van der Waals surface area contributed by atoms with E-state index in [1.807, 2.05) is 10.9 Å². The second kappa shape index (κ2) is 5.44. The third-order valence-corrected chi connectivity index (χ3v) is 4.63. The average Bonchev–Trinajstić information content (AvgIpc) is 3.17. The zero-order chi connectivity index (χ0) is 15.0. The lowest BCUT2D eigenvalue weighted by Crippen LogP contribution is -2.31. The number of aliphatic hydroxyl groups is 1. The van der Waals surface area contributed by atoms with Crippen molar-refractivity contribution in [3.63, 3.8) is 0 Å². The van der Waals surface area contributed by atoms with Crippen LogP contribution in [0.5, 0.6) is 0 Å². The van der Waals surface area contributed by atoms with Gasteiger partial charge in [0.2, 0.25) is 0 Å². The first-order chi connectivity index (χ1) is 10.7. The van der Waals surface area contributed by atoms with Gasteiger partial charge in [0.25, 0.3) is 0 Å². The molecule has 1 aliphatic heterocycles. The molecule has 1 fully saturated rings. The summed E-state index contributed by atoms with van der Waals surface area (Å²) in [5.74, 6) is 0. The molecule has 0 aromatic carbocycles. The molecule has 8 nitrogen and oxygen atoms in total. The molecule has 1 saturated carbocycles. The molecule has 0 saturated heterocycles. The predicted octanol–water partition coefficient (Wildman–Crippen LogP) is 0.620. The minimum atomic E-state index is -0.803. The molecule has 0 radical (unpaired) electrons. The predicted molar refractivity (Wildman–Crippen MR) is 75.6 cm³/mol. The van der Waals surface area contributed by atoms with Gasteiger partial charge in [-0.05, 0) is 12.8 Å². The molecule has 3 heterocycles. The van der Waals surface area contributed by atoms with Crippen LogP contribution in [0.2, 0.25) is 0 Å². The van der Waals surface area contributed by atoms with Gasteiger partial charge in [0.15, 0.2) is 0 Å². The maximum absolute atomic E-state index is 10.7. The SMILES string of the molecule is OC1(c2cn(C[C@H]3Cn4nncc4CO3)nn2)CCCCC1. The van der Waals surface area contributed by atoms with Crippen molar-refractivity contribution in [3.8, 4) is 0 Å². The van der Waals surface area contributed by atoms with Gasteiger partial charge in [-0.15, -0.1) is 10.2 Å². The zero-order valence-corrected chi connectivity index (χ0v) is 12.4. The third-order valence-electron chi connectivity index (χ3n) is 4.63. The van der Waals surface area contributed by atoms with Gasteiger partial charge in [-0.1, -0.05) is 29.7 Å². The van der Waals surface area contributed by atoms with Gasteiger partial charge >= 0.3 is 0 Å². The van der Waals surface area contributed by atoms with Crippen LogP contribution in [0, 0.1) is 0 Å². The van der Waals surface area contributed by atoms with Crippen LogP contribution in [-0.4, -0.2) is 41.2 Å². The Morgan fingerprint density at radius 3 is 3.00 bits per heavy atom. The van der Waals surface area contributed by atoms with Gasteiger partial charge < -0.3 is 9.84 Å². The van der Waals surface area contributed by atoms with Gasteiger partial charge in [-0.25, -0.2) is 9.36 Å². The van der Waals surface area contributed by atoms with E-state index >= 15 is 0 Å². The number of aromatic nitrogens is 6. The molecule has 1 atom stereocenters. The fourth-order valence-corrected chi connectivity index (χ4v) is 3.31. The van der Waals surface area contributed by atoms with Gasteiger partial charge in [-0.2, -0.15) is 0 Å². The molecule has 2 aromatic heterocycles. The number of hydrogen-bond donors (Lipinski definition) is 1. The fraction of sp³-hybridized carbons (Fsp3) is 0.714. The molecule has 0 unspecified atom stereocenters. The second-order valence-corrected chi connectivity index (χ2v) is 6.26. The van der Waals surface area contributed by atoms with Gasteiger partial charge in [-0.3, -0.25) is 0 Å². The van der Waals surface area contributed by atoms with E-state index in [-0.39, 0.29) is 6.10 Å². The molecule has 22 heavy (non-hydrogen) atoms. The molecule has 1 aliphatic carbocycles. The summed E-state index contributed by atoms with van der Waals surface area (Å²) >= 11 is 0. The normalized spacial score (nSPS) is 24.1. The number of hydrogen-bond acceptors (Lipinski definition) is 6. The summed E-state index contributed by atoms with van der Waals surface area (Å²) in [5, 5.41) is 27.0. The molecule has 4 rings (SSSR count). The van der Waals surface area contributed by atoms with E-state index < -0.39 is 5.60 Å². The minimum absolute atomic E-state index is 0.00949. The maximum Gasteiger partial charge on any atom is 0.114 e. The van der Waals surface area contributed by atoms with E-state index in [1.165, 1.54) is 6.42 Å². The number of rotatable bonds is 3. The van der Waals surface area contributed by atoms with Crippen molar-refractivity contribution in [2.75, 3.05) is 0 Å². The Morgan fingerprint density at radius 2 is 2.14 bits per heavy atom. The Kier molecular flexibility index (Phi) is 3.42. The van der Waals surface area contributed by atoms with Crippen LogP contribution in [0.1, 0.15) is 43.5 Å². The number of ether oxygens (including phenoxy) is 1. The number of fused-ring (bicyclic) bond motifs is 1. The first kappa shape index (κ1) is 13.8. The number of nitrogens with zero attached hydrogens (tertiary/aromatic N) is 6. The van der Waals surface area contributed by atoms with Crippen LogP contribution in [-0.2, 0) is 30.0 Å². The van der Waals surface area contributed by atoms with E-state index in [0.29, 0.717) is 25.4 Å². The van der Waals surface area contributed by atoms with Crippen molar-refractivity contribution in [2.24, 2.45) is 0 Å². The van der Waals surface area contributed by atoms with Crippen molar-refractivity contribution in [2.45, 2.75) is 63.5 Å². The Hall–Kier alpha value is -1.80. The Bertz CT molecular complexity index is 645. The lowest BCUT2D eigenvalue weighted by molar-refractivity contribution is -0.0122. The molecular formula is C14H20N6O2. The molecule has 2 aliphatic rings. The summed E-state index contributed by atoms with van der Waals surface area (Å²) in [6.07, 6.45) is 8.39. The van der Waals surface area contributed by atoms with Crippen LogP contribution in [0.25, 0.3) is 0 Å². The van der Waals surface area contributed by atoms with Crippen molar-refractivity contribution >= 4 is 0 Å². The first-order valence-corrected chi connectivity index (χ1v) is 7.85. The van der Waals surface area contributed by atoms with E-state index in [0.717, 1.165) is 31.4 Å². The quantitative estimate of drug-likeness (QED) is 0.894. The zero-order valence-electron chi connectivity index (χ0n) is 12.4. The molecule has 0 bridgehead atoms. The highest BCUT2D eigenvalue weighted by molar-refractivity contribution is 5.08. The highest BCUT2D eigenvalue weighted by Crippen LogP contribution is 2.35. The highest BCUT2D eigenvalue weighted by atomic mass is 16.5. The molecule has 8 heteroatoms. The van der Waals surface area contributed by atoms with Crippen molar-refractivity contribution in [3.05, 3.63) is 23.8 Å². The fourth-order valence-electron chi connectivity index (χ4n) is 3.31. The van der Waals surface area contributed by atoms with E-state index in [9.17, 15) is 5.11 Å². The van der Waals surface area contributed by atoms with Crippen LogP contribution < -0.4 is 0 Å². The topological polar surface area (TPSA) is 90.9 Å². The molecule has 0 spiro atoms. The Balaban J connectivity index is 1.44. The smallest absolute Gasteiger partial charge is 0.114 e. The lowest BCUT2D eigenvalue weighted by atomic mass is 9.83. The minimum Gasteiger partial charge on any atom is -0.383 e. The van der Waals surface area contributed by atoms with Crippen LogP contribution in [0.4, 0.5) is 0 Å². The summed E-state index contributed by atoms with van der Waals surface area (Å²) in [6.45, 7) is 1.78. The summed E-state index contributed by atoms with van der Waals surface area (Å²) in [7, 11) is 0. The monoisotopic (exact) mass is 304 g/mol. The van der Waals surface area contributed by atoms with E-state index in [4.69, 9.17) is 4.74 Å². The molecular weight excluding hydrogens is 284 g/mol. The molecule has 1 N–H and O–H groups in total. The average molecular weight is 304 g/mol. The summed E-state index contributed by atoms with van der Waals surface area (Å²) in [6, 6.07) is 0. The summed E-state index contributed by atoms with van der Waals surface area (Å²) in [4.78, 5) is 0. The standard InChI is InChI=1S/C14H20N6O2/c21-14(4-2-1-3-5-14)13-9-19(18-16-13)7-12-8-20-11(10-22-12)6-15-17-20/h6,9,12,21H,1-5,7-8,10H2/t12-/m0/s1. The van der Waals surface area contributed by atoms with Crippen molar-refractivity contribution in [1.82, 2.24) is 30.0 Å². The lowest BCUT2D eigenvalue weighted by Gasteiger charge is -2.29.